The summed E-state index contributed by atoms with van der Waals surface area (Å²) in [4.78, 5) is 39.4. The molecule has 1 aromatic carbocycles. The van der Waals surface area contributed by atoms with E-state index in [0.717, 1.165) is 10.5 Å². The van der Waals surface area contributed by atoms with E-state index in [1.54, 1.807) is 0 Å². The SMILES string of the molecule is O=C(CN1C(=O)COc2ccc([N+](=O)[O-])nc21)NCCc1ccccc1. The molecule has 1 aromatic heterocycles. The van der Waals surface area contributed by atoms with Gasteiger partial charge in [-0.2, -0.15) is 0 Å². The summed E-state index contributed by atoms with van der Waals surface area (Å²) in [6, 6.07) is 12.2. The summed E-state index contributed by atoms with van der Waals surface area (Å²) in [5.74, 6) is -1.07. The van der Waals surface area contributed by atoms with E-state index in [2.05, 4.69) is 10.3 Å². The highest BCUT2D eigenvalue weighted by Gasteiger charge is 2.33. The number of fused-ring (bicyclic) bond motifs is 1. The number of pyridine rings is 1. The molecule has 1 N–H and O–H groups in total. The molecule has 0 aliphatic carbocycles. The Bertz CT molecular complexity index is 840. The van der Waals surface area contributed by atoms with Crippen LogP contribution in [0.1, 0.15) is 5.56 Å². The van der Waals surface area contributed by atoms with Gasteiger partial charge in [-0.3, -0.25) is 14.5 Å². The van der Waals surface area contributed by atoms with Gasteiger partial charge in [0.1, 0.15) is 6.54 Å². The molecule has 9 heteroatoms. The quantitative estimate of drug-likeness (QED) is 0.612. The van der Waals surface area contributed by atoms with Gasteiger partial charge in [-0.25, -0.2) is 0 Å². The number of benzene rings is 1. The number of aromatic nitrogens is 1. The van der Waals surface area contributed by atoms with Gasteiger partial charge in [0.05, 0.1) is 0 Å². The lowest BCUT2D eigenvalue weighted by Gasteiger charge is -2.24. The van der Waals surface area contributed by atoms with Crippen molar-refractivity contribution < 1.29 is 19.2 Å². The lowest BCUT2D eigenvalue weighted by atomic mass is 10.1. The minimum atomic E-state index is -0.669. The molecule has 1 aliphatic rings. The third kappa shape index (κ3) is 3.94. The number of nitrogens with zero attached hydrogens (tertiary/aromatic N) is 3. The molecule has 0 atom stereocenters. The fraction of sp³-hybridized carbons (Fsp3) is 0.235. The largest absolute Gasteiger partial charge is 0.477 e. The lowest BCUT2D eigenvalue weighted by molar-refractivity contribution is -0.389. The molecule has 0 radical (unpaired) electrons. The van der Waals surface area contributed by atoms with Crippen LogP contribution in [-0.4, -0.2) is 41.4 Å². The molecule has 3 rings (SSSR count). The zero-order valence-electron chi connectivity index (χ0n) is 13.8. The van der Waals surface area contributed by atoms with Crippen molar-refractivity contribution in [3.63, 3.8) is 0 Å². The summed E-state index contributed by atoms with van der Waals surface area (Å²) >= 11 is 0. The zero-order valence-corrected chi connectivity index (χ0v) is 13.8. The molecule has 134 valence electrons. The van der Waals surface area contributed by atoms with Gasteiger partial charge in [0.25, 0.3) is 11.7 Å². The Hall–Kier alpha value is -3.49. The number of hydrogen-bond acceptors (Lipinski definition) is 6. The van der Waals surface area contributed by atoms with Gasteiger partial charge in [-0.15, -0.1) is 0 Å². The summed E-state index contributed by atoms with van der Waals surface area (Å²) in [5, 5.41) is 13.6. The lowest BCUT2D eigenvalue weighted by Crippen LogP contribution is -2.46. The Morgan fingerprint density at radius 2 is 2.04 bits per heavy atom. The van der Waals surface area contributed by atoms with E-state index in [-0.39, 0.29) is 30.6 Å². The Morgan fingerprint density at radius 3 is 2.77 bits per heavy atom. The summed E-state index contributed by atoms with van der Waals surface area (Å²) in [7, 11) is 0. The Labute approximate surface area is 148 Å². The van der Waals surface area contributed by atoms with E-state index in [0.29, 0.717) is 13.0 Å². The smallest absolute Gasteiger partial charge is 0.366 e. The first-order chi connectivity index (χ1) is 12.5. The number of rotatable bonds is 6. The molecule has 2 aromatic rings. The Balaban J connectivity index is 1.65. The molecule has 0 unspecified atom stereocenters. The van der Waals surface area contributed by atoms with E-state index in [1.807, 2.05) is 30.3 Å². The van der Waals surface area contributed by atoms with Crippen LogP contribution in [0.15, 0.2) is 42.5 Å². The molecule has 0 spiro atoms. The van der Waals surface area contributed by atoms with Crippen LogP contribution in [0.5, 0.6) is 5.75 Å². The maximum atomic E-state index is 12.2. The average molecular weight is 356 g/mol. The van der Waals surface area contributed by atoms with Crippen molar-refractivity contribution >= 4 is 23.5 Å². The molecule has 2 heterocycles. The average Bonchev–Trinajstić information content (AvgIpc) is 2.64. The van der Waals surface area contributed by atoms with E-state index in [9.17, 15) is 19.7 Å². The maximum absolute atomic E-state index is 12.2. The van der Waals surface area contributed by atoms with Gasteiger partial charge in [0.15, 0.2) is 12.4 Å². The molecule has 0 fully saturated rings. The normalized spacial score (nSPS) is 12.9. The number of nitro groups is 1. The number of hydrogen-bond donors (Lipinski definition) is 1. The standard InChI is InChI=1S/C17H16N4O5/c22-15(18-9-8-12-4-2-1-3-5-12)10-20-16(23)11-26-13-6-7-14(21(24)25)19-17(13)20/h1-7H,8-11H2,(H,18,22). The summed E-state index contributed by atoms with van der Waals surface area (Å²) < 4.78 is 5.21. The second kappa shape index (κ2) is 7.60. The van der Waals surface area contributed by atoms with Crippen molar-refractivity contribution in [2.75, 3.05) is 24.6 Å². The summed E-state index contributed by atoms with van der Waals surface area (Å²) in [6.07, 6.45) is 0.657. The number of anilines is 1. The highest BCUT2D eigenvalue weighted by molar-refractivity contribution is 6.01. The first kappa shape index (κ1) is 17.3. The third-order valence-electron chi connectivity index (χ3n) is 3.80. The predicted molar refractivity (Wildman–Crippen MR) is 91.9 cm³/mol. The second-order valence-electron chi connectivity index (χ2n) is 5.60. The van der Waals surface area contributed by atoms with Crippen molar-refractivity contribution in [2.24, 2.45) is 0 Å². The molecule has 26 heavy (non-hydrogen) atoms. The van der Waals surface area contributed by atoms with Crippen LogP contribution < -0.4 is 15.0 Å². The van der Waals surface area contributed by atoms with Crippen LogP contribution in [0.2, 0.25) is 0 Å². The zero-order chi connectivity index (χ0) is 18.5. The fourth-order valence-corrected chi connectivity index (χ4v) is 2.52. The minimum Gasteiger partial charge on any atom is -0.477 e. The first-order valence-electron chi connectivity index (χ1n) is 7.94. The third-order valence-corrected chi connectivity index (χ3v) is 3.80. The minimum absolute atomic E-state index is 0.0198. The highest BCUT2D eigenvalue weighted by Crippen LogP contribution is 2.31. The number of ether oxygens (including phenoxy) is 1. The van der Waals surface area contributed by atoms with Crippen molar-refractivity contribution in [1.29, 1.82) is 0 Å². The van der Waals surface area contributed by atoms with Gasteiger partial charge in [-0.05, 0) is 28.0 Å². The van der Waals surface area contributed by atoms with Crippen LogP contribution in [0.3, 0.4) is 0 Å². The van der Waals surface area contributed by atoms with Crippen molar-refractivity contribution in [3.05, 3.63) is 58.1 Å². The van der Waals surface area contributed by atoms with Gasteiger partial charge >= 0.3 is 5.82 Å². The Morgan fingerprint density at radius 1 is 1.27 bits per heavy atom. The number of carbonyl (C=O) groups excluding carboxylic acids is 2. The molecular weight excluding hydrogens is 340 g/mol. The van der Waals surface area contributed by atoms with Crippen LogP contribution in [0.4, 0.5) is 11.6 Å². The predicted octanol–water partition coefficient (Wildman–Crippen LogP) is 1.07. The van der Waals surface area contributed by atoms with E-state index < -0.39 is 16.6 Å². The van der Waals surface area contributed by atoms with Gasteiger partial charge in [0, 0.05) is 12.6 Å². The Kier molecular flexibility index (Phi) is 5.07. The van der Waals surface area contributed by atoms with Crippen molar-refractivity contribution in [1.82, 2.24) is 10.3 Å². The number of carbonyl (C=O) groups is 2. The van der Waals surface area contributed by atoms with Gasteiger partial charge in [0.2, 0.25) is 5.91 Å². The first-order valence-corrected chi connectivity index (χ1v) is 7.94. The number of amides is 2. The van der Waals surface area contributed by atoms with Crippen molar-refractivity contribution in [3.8, 4) is 5.75 Å². The van der Waals surface area contributed by atoms with Crippen LogP contribution in [-0.2, 0) is 16.0 Å². The molecule has 0 saturated carbocycles. The highest BCUT2D eigenvalue weighted by atomic mass is 16.6. The monoisotopic (exact) mass is 356 g/mol. The van der Waals surface area contributed by atoms with E-state index in [1.165, 1.54) is 12.1 Å². The van der Waals surface area contributed by atoms with Crippen LogP contribution >= 0.6 is 0 Å². The topological polar surface area (TPSA) is 115 Å². The maximum Gasteiger partial charge on any atom is 0.366 e. The van der Waals surface area contributed by atoms with Gasteiger partial charge < -0.3 is 20.2 Å². The molecule has 2 amide bonds. The molecule has 0 bridgehead atoms. The molecule has 0 saturated heterocycles. The van der Waals surface area contributed by atoms with Gasteiger partial charge in [-0.1, -0.05) is 30.3 Å². The molecular formula is C17H16N4O5. The van der Waals surface area contributed by atoms with Crippen LogP contribution in [0, 0.1) is 10.1 Å². The van der Waals surface area contributed by atoms with Crippen molar-refractivity contribution in [2.45, 2.75) is 6.42 Å². The summed E-state index contributed by atoms with van der Waals surface area (Å²) in [5.41, 5.74) is 1.08. The van der Waals surface area contributed by atoms with E-state index >= 15 is 0 Å². The fourth-order valence-electron chi connectivity index (χ4n) is 2.52. The van der Waals surface area contributed by atoms with Crippen LogP contribution in [0.25, 0.3) is 0 Å². The molecule has 1 aliphatic heterocycles. The van der Waals surface area contributed by atoms with E-state index in [4.69, 9.17) is 4.74 Å². The second-order valence-corrected chi connectivity index (χ2v) is 5.60. The number of nitrogens with one attached hydrogen (secondary N) is 1. The molecule has 9 nitrogen and oxygen atoms in total. The summed E-state index contributed by atoms with van der Waals surface area (Å²) in [6.45, 7) is -0.113.